The molecule has 108 valence electrons. The van der Waals surface area contributed by atoms with Gasteiger partial charge in [0.15, 0.2) is 0 Å². The van der Waals surface area contributed by atoms with E-state index in [0.717, 1.165) is 12.8 Å². The molecule has 3 nitrogen and oxygen atoms in total. The third-order valence-electron chi connectivity index (χ3n) is 3.67. The number of hydrogen-bond acceptors (Lipinski definition) is 3. The molecule has 21 heavy (non-hydrogen) atoms. The van der Waals surface area contributed by atoms with Crippen LogP contribution in [0.2, 0.25) is 0 Å². The largest absolute Gasteiger partial charge is 0.508 e. The minimum Gasteiger partial charge on any atom is -0.508 e. The van der Waals surface area contributed by atoms with E-state index in [2.05, 4.69) is 36.4 Å². The fourth-order valence-corrected chi connectivity index (χ4v) is 2.51. The van der Waals surface area contributed by atoms with Gasteiger partial charge in [-0.05, 0) is 60.4 Å². The fraction of sp³-hybridized carbons (Fsp3) is 0.278. The lowest BCUT2D eigenvalue weighted by Gasteiger charge is -2.09. The van der Waals surface area contributed by atoms with Gasteiger partial charge in [-0.25, -0.2) is 0 Å². The molecule has 2 aromatic rings. The summed E-state index contributed by atoms with van der Waals surface area (Å²) in [5.41, 5.74) is 4.15. The van der Waals surface area contributed by atoms with E-state index in [4.69, 9.17) is 9.59 Å². The summed E-state index contributed by atoms with van der Waals surface area (Å²) >= 11 is 0. The van der Waals surface area contributed by atoms with E-state index in [1.165, 1.54) is 29.5 Å². The molecule has 3 rings (SSSR count). The van der Waals surface area contributed by atoms with Crippen LogP contribution in [-0.2, 0) is 22.4 Å². The maximum Gasteiger partial charge on any atom is 0.373 e. The second-order valence-corrected chi connectivity index (χ2v) is 5.23. The van der Waals surface area contributed by atoms with E-state index in [1.54, 1.807) is 0 Å². The molecule has 1 aliphatic rings. The summed E-state index contributed by atoms with van der Waals surface area (Å²) < 4.78 is 0. The first kappa shape index (κ1) is 15.0. The summed E-state index contributed by atoms with van der Waals surface area (Å²) in [5.74, 6) is 1.10. The van der Waals surface area contributed by atoms with Crippen molar-refractivity contribution >= 4 is 6.15 Å². The molecule has 0 heterocycles. The Morgan fingerprint density at radius 1 is 1.00 bits per heavy atom. The molecule has 1 saturated carbocycles. The van der Waals surface area contributed by atoms with Gasteiger partial charge in [-0.2, -0.15) is 9.59 Å². The van der Waals surface area contributed by atoms with Crippen LogP contribution in [0.15, 0.2) is 48.5 Å². The van der Waals surface area contributed by atoms with Crippen LogP contribution < -0.4 is 0 Å². The fourth-order valence-electron chi connectivity index (χ4n) is 2.51. The van der Waals surface area contributed by atoms with Gasteiger partial charge in [-0.1, -0.05) is 36.4 Å². The van der Waals surface area contributed by atoms with Crippen LogP contribution in [0, 0.1) is 0 Å². The Morgan fingerprint density at radius 2 is 1.67 bits per heavy atom. The van der Waals surface area contributed by atoms with Crippen LogP contribution in [0.3, 0.4) is 0 Å². The van der Waals surface area contributed by atoms with Crippen molar-refractivity contribution in [1.82, 2.24) is 0 Å². The average Bonchev–Trinajstić information content (AvgIpc) is 3.32. The molecule has 0 atom stereocenters. The van der Waals surface area contributed by atoms with E-state index in [9.17, 15) is 5.11 Å². The molecule has 0 bridgehead atoms. The smallest absolute Gasteiger partial charge is 0.373 e. The second-order valence-electron chi connectivity index (χ2n) is 5.23. The van der Waals surface area contributed by atoms with Crippen LogP contribution in [0.25, 0.3) is 0 Å². The molecule has 0 aromatic heterocycles. The Bertz CT molecular complexity index is 610. The number of phenols is 1. The van der Waals surface area contributed by atoms with Crippen molar-refractivity contribution in [1.29, 1.82) is 0 Å². The minimum atomic E-state index is 0.250. The number of aromatic hydroxyl groups is 1. The first-order valence-electron chi connectivity index (χ1n) is 7.09. The molecule has 0 spiro atoms. The van der Waals surface area contributed by atoms with Crippen LogP contribution in [0.1, 0.15) is 35.4 Å². The van der Waals surface area contributed by atoms with Gasteiger partial charge in [0.05, 0.1) is 0 Å². The Morgan fingerprint density at radius 3 is 2.29 bits per heavy atom. The van der Waals surface area contributed by atoms with Crippen molar-refractivity contribution in [2.75, 3.05) is 0 Å². The summed E-state index contributed by atoms with van der Waals surface area (Å²) in [5, 5.41) is 9.60. The lowest BCUT2D eigenvalue weighted by molar-refractivity contribution is -0.191. The van der Waals surface area contributed by atoms with E-state index >= 15 is 0 Å². The van der Waals surface area contributed by atoms with Gasteiger partial charge in [0.1, 0.15) is 5.75 Å². The first-order valence-corrected chi connectivity index (χ1v) is 7.09. The Labute approximate surface area is 124 Å². The number of rotatable bonds is 4. The molecule has 0 aliphatic heterocycles. The molecular formula is C18H18O3. The maximum absolute atomic E-state index is 9.60. The van der Waals surface area contributed by atoms with Gasteiger partial charge in [-0.15, -0.1) is 0 Å². The standard InChI is InChI=1S/C17H18O.CO2/c18-16-11-10-14(17(12-16)15-8-9-15)7-6-13-4-2-1-3-5-13;2-1-3/h1-5,10-12,15,18H,6-9H2;. The normalized spacial score (nSPS) is 13.0. The third kappa shape index (κ3) is 4.59. The molecule has 1 N–H and O–H groups in total. The summed E-state index contributed by atoms with van der Waals surface area (Å²) in [6.45, 7) is 0. The van der Waals surface area contributed by atoms with E-state index in [-0.39, 0.29) is 6.15 Å². The lowest BCUT2D eigenvalue weighted by Crippen LogP contribution is -1.96. The van der Waals surface area contributed by atoms with Crippen molar-refractivity contribution in [3.05, 3.63) is 65.2 Å². The monoisotopic (exact) mass is 282 g/mol. The Balaban J connectivity index is 0.000000497. The molecule has 0 radical (unpaired) electrons. The Kier molecular flexibility index (Phi) is 5.30. The number of aryl methyl sites for hydroxylation is 2. The highest BCUT2D eigenvalue weighted by Crippen LogP contribution is 2.43. The molecule has 0 amide bonds. The van der Waals surface area contributed by atoms with Crippen molar-refractivity contribution in [2.24, 2.45) is 0 Å². The SMILES string of the molecule is O=C=O.Oc1ccc(CCc2ccccc2)c(C2CC2)c1. The predicted molar refractivity (Wildman–Crippen MR) is 78.9 cm³/mol. The molecular weight excluding hydrogens is 264 g/mol. The number of carbonyl (C=O) groups excluding carboxylic acids is 2. The highest BCUT2D eigenvalue weighted by molar-refractivity contribution is 5.39. The zero-order valence-electron chi connectivity index (χ0n) is 11.8. The molecule has 3 heteroatoms. The van der Waals surface area contributed by atoms with E-state index in [1.807, 2.05) is 12.1 Å². The van der Waals surface area contributed by atoms with Crippen molar-refractivity contribution in [3.63, 3.8) is 0 Å². The molecule has 1 fully saturated rings. The number of phenolic OH excluding ortho intramolecular Hbond substituents is 1. The minimum absolute atomic E-state index is 0.250. The van der Waals surface area contributed by atoms with Crippen molar-refractivity contribution in [2.45, 2.75) is 31.6 Å². The van der Waals surface area contributed by atoms with Crippen LogP contribution >= 0.6 is 0 Å². The number of benzene rings is 2. The van der Waals surface area contributed by atoms with Crippen LogP contribution in [-0.4, -0.2) is 11.3 Å². The lowest BCUT2D eigenvalue weighted by atomic mass is 9.97. The van der Waals surface area contributed by atoms with Gasteiger partial charge in [0, 0.05) is 0 Å². The highest BCUT2D eigenvalue weighted by atomic mass is 16.3. The maximum atomic E-state index is 9.60. The average molecular weight is 282 g/mol. The van der Waals surface area contributed by atoms with Gasteiger partial charge in [0.2, 0.25) is 0 Å². The van der Waals surface area contributed by atoms with Gasteiger partial charge < -0.3 is 5.11 Å². The quantitative estimate of drug-likeness (QED) is 0.934. The van der Waals surface area contributed by atoms with Gasteiger partial charge in [0.25, 0.3) is 0 Å². The zero-order chi connectivity index (χ0) is 15.1. The van der Waals surface area contributed by atoms with Crippen molar-refractivity contribution in [3.8, 4) is 5.75 Å². The van der Waals surface area contributed by atoms with Gasteiger partial charge >= 0.3 is 6.15 Å². The highest BCUT2D eigenvalue weighted by Gasteiger charge is 2.26. The molecule has 0 saturated heterocycles. The first-order chi connectivity index (χ1) is 10.2. The van der Waals surface area contributed by atoms with Crippen LogP contribution in [0.5, 0.6) is 5.75 Å². The summed E-state index contributed by atoms with van der Waals surface area (Å²) in [6, 6.07) is 16.5. The van der Waals surface area contributed by atoms with E-state index < -0.39 is 0 Å². The Hall–Kier alpha value is -2.38. The summed E-state index contributed by atoms with van der Waals surface area (Å²) in [6.07, 6.45) is 4.95. The van der Waals surface area contributed by atoms with Crippen molar-refractivity contribution < 1.29 is 14.7 Å². The van der Waals surface area contributed by atoms with Crippen LogP contribution in [0.4, 0.5) is 0 Å². The molecule has 1 aliphatic carbocycles. The second kappa shape index (κ2) is 7.41. The molecule has 2 aromatic carbocycles. The summed E-state index contributed by atoms with van der Waals surface area (Å²) in [4.78, 5) is 16.2. The topological polar surface area (TPSA) is 54.4 Å². The van der Waals surface area contributed by atoms with Gasteiger partial charge in [-0.3, -0.25) is 0 Å². The molecule has 0 unspecified atom stereocenters. The zero-order valence-corrected chi connectivity index (χ0v) is 11.8. The predicted octanol–water partition coefficient (Wildman–Crippen LogP) is 3.47. The van der Waals surface area contributed by atoms with E-state index in [0.29, 0.717) is 11.7 Å². The number of hydrogen-bond donors (Lipinski definition) is 1. The summed E-state index contributed by atoms with van der Waals surface area (Å²) in [7, 11) is 0. The third-order valence-corrected chi connectivity index (χ3v) is 3.67.